The minimum Gasteiger partial charge on any atom is -0.353 e. The number of carbonyl (C=O) groups is 1. The molecule has 0 radical (unpaired) electrons. The van der Waals surface area contributed by atoms with Gasteiger partial charge in [-0.1, -0.05) is 6.07 Å². The smallest absolute Gasteiger partial charge is 0.262 e. The first kappa shape index (κ1) is 18.3. The second-order valence-electron chi connectivity index (χ2n) is 7.62. The van der Waals surface area contributed by atoms with E-state index in [4.69, 9.17) is 0 Å². The number of pyridine rings is 1. The van der Waals surface area contributed by atoms with Crippen molar-refractivity contribution >= 4 is 33.3 Å². The molecule has 0 atom stereocenters. The maximum absolute atomic E-state index is 13.1. The van der Waals surface area contributed by atoms with Gasteiger partial charge in [0.05, 0.1) is 11.7 Å². The van der Waals surface area contributed by atoms with E-state index in [0.717, 1.165) is 48.4 Å². The predicted octanol–water partition coefficient (Wildman–Crippen LogP) is 2.08. The van der Waals surface area contributed by atoms with Crippen molar-refractivity contribution in [3.63, 3.8) is 0 Å². The number of hydrogen-bond donors (Lipinski definition) is 0. The summed E-state index contributed by atoms with van der Waals surface area (Å²) in [5.74, 6) is 0.908. The molecule has 0 N–H and O–H groups in total. The number of anilines is 1. The third-order valence-corrected chi connectivity index (χ3v) is 7.05. The van der Waals surface area contributed by atoms with E-state index >= 15 is 0 Å². The Kier molecular flexibility index (Phi) is 4.79. The van der Waals surface area contributed by atoms with E-state index < -0.39 is 0 Å². The molecule has 1 aliphatic carbocycles. The molecule has 1 fully saturated rings. The van der Waals surface area contributed by atoms with E-state index in [2.05, 4.69) is 14.9 Å². The fourth-order valence-corrected chi connectivity index (χ4v) is 5.48. The van der Waals surface area contributed by atoms with Gasteiger partial charge < -0.3 is 9.80 Å². The number of carbonyl (C=O) groups excluding carboxylic acids is 1. The van der Waals surface area contributed by atoms with Crippen LogP contribution in [-0.2, 0) is 24.2 Å². The maximum Gasteiger partial charge on any atom is 0.262 e. The number of piperazine rings is 1. The third-order valence-electron chi connectivity index (χ3n) is 5.85. The summed E-state index contributed by atoms with van der Waals surface area (Å²) >= 11 is 1.64. The molecule has 1 saturated heterocycles. The number of aryl methyl sites for hydroxylation is 2. The number of amides is 1. The van der Waals surface area contributed by atoms with Crippen LogP contribution >= 0.6 is 11.3 Å². The van der Waals surface area contributed by atoms with Crippen LogP contribution in [0.1, 0.15) is 23.3 Å². The standard InChI is InChI=1S/C21H23N5O2S/c27-18(25-11-9-24(10-12-25)17-7-3-4-8-22-17)13-26-14-23-20-19(21(26)28)15-5-1-2-6-16(15)29-20/h3-4,7-8,14H,1-2,5-6,9-13H2. The summed E-state index contributed by atoms with van der Waals surface area (Å²) in [4.78, 5) is 40.9. The van der Waals surface area contributed by atoms with Gasteiger partial charge in [-0.15, -0.1) is 11.3 Å². The van der Waals surface area contributed by atoms with Gasteiger partial charge in [-0.2, -0.15) is 0 Å². The highest BCUT2D eigenvalue weighted by molar-refractivity contribution is 7.18. The maximum atomic E-state index is 13.1. The summed E-state index contributed by atoms with van der Waals surface area (Å²) in [5.41, 5.74) is 1.09. The summed E-state index contributed by atoms with van der Waals surface area (Å²) in [5, 5.41) is 0.736. The van der Waals surface area contributed by atoms with Gasteiger partial charge in [0.2, 0.25) is 5.91 Å². The Morgan fingerprint density at radius 2 is 1.90 bits per heavy atom. The molecule has 0 bridgehead atoms. The molecule has 3 aromatic heterocycles. The monoisotopic (exact) mass is 409 g/mol. The van der Waals surface area contributed by atoms with Crippen LogP contribution in [0, 0.1) is 0 Å². The molecule has 150 valence electrons. The highest BCUT2D eigenvalue weighted by atomic mass is 32.1. The van der Waals surface area contributed by atoms with Crippen LogP contribution in [0.3, 0.4) is 0 Å². The van der Waals surface area contributed by atoms with Crippen molar-refractivity contribution in [3.8, 4) is 0 Å². The SMILES string of the molecule is O=C(Cn1cnc2sc3c(c2c1=O)CCCC3)N1CCN(c2ccccn2)CC1. The number of aromatic nitrogens is 3. The average Bonchev–Trinajstić information content (AvgIpc) is 3.16. The highest BCUT2D eigenvalue weighted by Gasteiger charge is 2.24. The lowest BCUT2D eigenvalue weighted by atomic mass is 9.97. The van der Waals surface area contributed by atoms with Gasteiger partial charge in [-0.05, 0) is 43.4 Å². The van der Waals surface area contributed by atoms with Crippen LogP contribution in [-0.4, -0.2) is 51.5 Å². The Morgan fingerprint density at radius 1 is 1.07 bits per heavy atom. The second kappa shape index (κ2) is 7.59. The minimum atomic E-state index is -0.0742. The number of fused-ring (bicyclic) bond motifs is 3. The normalized spacial score (nSPS) is 16.8. The van der Waals surface area contributed by atoms with E-state index in [1.807, 2.05) is 23.1 Å². The van der Waals surface area contributed by atoms with E-state index in [-0.39, 0.29) is 18.0 Å². The Morgan fingerprint density at radius 3 is 2.69 bits per heavy atom. The second-order valence-corrected chi connectivity index (χ2v) is 8.71. The van der Waals surface area contributed by atoms with Gasteiger partial charge in [0.15, 0.2) is 0 Å². The summed E-state index contributed by atoms with van der Waals surface area (Å²) in [6, 6.07) is 5.86. The van der Waals surface area contributed by atoms with Crippen molar-refractivity contribution in [2.24, 2.45) is 0 Å². The zero-order valence-electron chi connectivity index (χ0n) is 16.2. The van der Waals surface area contributed by atoms with Crippen molar-refractivity contribution in [3.05, 3.63) is 51.5 Å². The van der Waals surface area contributed by atoms with E-state index in [9.17, 15) is 9.59 Å². The molecule has 0 saturated carbocycles. The Labute approximate surface area is 172 Å². The van der Waals surface area contributed by atoms with Gasteiger partial charge in [-0.3, -0.25) is 14.2 Å². The van der Waals surface area contributed by atoms with Crippen molar-refractivity contribution < 1.29 is 4.79 Å². The fraction of sp³-hybridized carbons (Fsp3) is 0.429. The molecule has 5 rings (SSSR count). The third kappa shape index (κ3) is 3.42. The number of hydrogen-bond acceptors (Lipinski definition) is 6. The van der Waals surface area contributed by atoms with Gasteiger partial charge in [0.1, 0.15) is 17.2 Å². The molecular formula is C21H23N5O2S. The number of rotatable bonds is 3. The summed E-state index contributed by atoms with van der Waals surface area (Å²) < 4.78 is 1.48. The fourth-order valence-electron chi connectivity index (χ4n) is 4.27. The molecule has 29 heavy (non-hydrogen) atoms. The molecule has 1 amide bonds. The first-order chi connectivity index (χ1) is 14.2. The number of nitrogens with zero attached hydrogens (tertiary/aromatic N) is 5. The van der Waals surface area contributed by atoms with E-state index in [1.54, 1.807) is 17.5 Å². The molecule has 8 heteroatoms. The lowest BCUT2D eigenvalue weighted by molar-refractivity contribution is -0.132. The molecule has 0 aromatic carbocycles. The van der Waals surface area contributed by atoms with Crippen LogP contribution in [0.5, 0.6) is 0 Å². The zero-order chi connectivity index (χ0) is 19.8. The Hall–Kier alpha value is -2.74. The van der Waals surface area contributed by atoms with Crippen molar-refractivity contribution in [1.82, 2.24) is 19.4 Å². The van der Waals surface area contributed by atoms with Crippen molar-refractivity contribution in [1.29, 1.82) is 0 Å². The minimum absolute atomic E-state index is 0.0296. The van der Waals surface area contributed by atoms with Gasteiger partial charge in [-0.25, -0.2) is 9.97 Å². The van der Waals surface area contributed by atoms with Crippen molar-refractivity contribution in [2.75, 3.05) is 31.1 Å². The van der Waals surface area contributed by atoms with Crippen LogP contribution in [0.25, 0.3) is 10.2 Å². The average molecular weight is 410 g/mol. The van der Waals surface area contributed by atoms with Crippen LogP contribution < -0.4 is 10.5 Å². The zero-order valence-corrected chi connectivity index (χ0v) is 17.0. The highest BCUT2D eigenvalue weighted by Crippen LogP contribution is 2.33. The van der Waals surface area contributed by atoms with Crippen LogP contribution in [0.4, 0.5) is 5.82 Å². The van der Waals surface area contributed by atoms with Gasteiger partial charge in [0.25, 0.3) is 5.56 Å². The quantitative estimate of drug-likeness (QED) is 0.662. The Balaban J connectivity index is 1.31. The molecule has 0 unspecified atom stereocenters. The Bertz CT molecular complexity index is 1100. The van der Waals surface area contributed by atoms with Crippen LogP contribution in [0.2, 0.25) is 0 Å². The predicted molar refractivity (Wildman–Crippen MR) is 114 cm³/mol. The lowest BCUT2D eigenvalue weighted by Gasteiger charge is -2.35. The molecule has 4 heterocycles. The van der Waals surface area contributed by atoms with Crippen molar-refractivity contribution in [2.45, 2.75) is 32.2 Å². The molecule has 1 aliphatic heterocycles. The summed E-state index contributed by atoms with van der Waals surface area (Å²) in [7, 11) is 0. The van der Waals surface area contributed by atoms with Crippen LogP contribution in [0.15, 0.2) is 35.5 Å². The van der Waals surface area contributed by atoms with E-state index in [1.165, 1.54) is 27.8 Å². The topological polar surface area (TPSA) is 71.3 Å². The number of thiophene rings is 1. The first-order valence-electron chi connectivity index (χ1n) is 10.1. The molecule has 3 aromatic rings. The summed E-state index contributed by atoms with van der Waals surface area (Å²) in [6.07, 6.45) is 7.60. The molecule has 7 nitrogen and oxygen atoms in total. The van der Waals surface area contributed by atoms with E-state index in [0.29, 0.717) is 13.1 Å². The summed E-state index contributed by atoms with van der Waals surface area (Å²) in [6.45, 7) is 2.80. The largest absolute Gasteiger partial charge is 0.353 e. The molecule has 2 aliphatic rings. The van der Waals surface area contributed by atoms with Gasteiger partial charge >= 0.3 is 0 Å². The lowest BCUT2D eigenvalue weighted by Crippen LogP contribution is -2.50. The van der Waals surface area contributed by atoms with Gasteiger partial charge in [0, 0.05) is 37.3 Å². The molecular weight excluding hydrogens is 386 g/mol. The first-order valence-corrected chi connectivity index (χ1v) is 11.0. The molecule has 0 spiro atoms.